The minimum absolute atomic E-state index is 0.111. The van der Waals surface area contributed by atoms with Gasteiger partial charge in [-0.15, -0.1) is 0 Å². The van der Waals surface area contributed by atoms with Crippen LogP contribution in [0.5, 0.6) is 0 Å². The third kappa shape index (κ3) is 2.38. The zero-order valence-corrected chi connectivity index (χ0v) is 12.5. The summed E-state index contributed by atoms with van der Waals surface area (Å²) in [6.07, 6.45) is 1.14. The third-order valence-corrected chi connectivity index (χ3v) is 5.02. The standard InChI is InChI=1S/C18H21N3O/c19-9-17(21-18(22)15-10-20-16-8-14(15)16)13-6-5-11-3-1-2-4-12(11)7-13/h1-7,14-17,20H,8-10,19H2,(H,21,22). The number of rotatable bonds is 4. The molecule has 2 aliphatic rings. The van der Waals surface area contributed by atoms with Crippen LogP contribution in [0, 0.1) is 11.8 Å². The quantitative estimate of drug-likeness (QED) is 0.802. The summed E-state index contributed by atoms with van der Waals surface area (Å²) in [7, 11) is 0. The Hall–Kier alpha value is -1.91. The van der Waals surface area contributed by atoms with Gasteiger partial charge in [-0.2, -0.15) is 0 Å². The van der Waals surface area contributed by atoms with E-state index in [1.165, 1.54) is 10.8 Å². The SMILES string of the molecule is NCC(NC(=O)C1CNC2CC21)c1ccc2ccccc2c1. The Morgan fingerprint density at radius 1 is 1.27 bits per heavy atom. The van der Waals surface area contributed by atoms with Crippen molar-refractivity contribution >= 4 is 16.7 Å². The second kappa shape index (κ2) is 5.38. The summed E-state index contributed by atoms with van der Waals surface area (Å²) in [6, 6.07) is 15.0. The lowest BCUT2D eigenvalue weighted by molar-refractivity contribution is -0.125. The molecule has 2 aromatic carbocycles. The van der Waals surface area contributed by atoms with Crippen LogP contribution in [0.25, 0.3) is 10.8 Å². The molecule has 1 heterocycles. The molecular weight excluding hydrogens is 274 g/mol. The van der Waals surface area contributed by atoms with Crippen molar-refractivity contribution in [3.63, 3.8) is 0 Å². The average Bonchev–Trinajstić information content (AvgIpc) is 3.22. The van der Waals surface area contributed by atoms with Gasteiger partial charge in [0.25, 0.3) is 0 Å². The van der Waals surface area contributed by atoms with Gasteiger partial charge in [0.05, 0.1) is 12.0 Å². The molecule has 22 heavy (non-hydrogen) atoms. The first-order valence-corrected chi connectivity index (χ1v) is 7.99. The van der Waals surface area contributed by atoms with Crippen LogP contribution >= 0.6 is 0 Å². The minimum Gasteiger partial charge on any atom is -0.348 e. The summed E-state index contributed by atoms with van der Waals surface area (Å²) >= 11 is 0. The van der Waals surface area contributed by atoms with Gasteiger partial charge in [0.15, 0.2) is 0 Å². The van der Waals surface area contributed by atoms with Gasteiger partial charge in [0, 0.05) is 19.1 Å². The van der Waals surface area contributed by atoms with E-state index in [0.29, 0.717) is 18.5 Å². The van der Waals surface area contributed by atoms with Crippen LogP contribution in [0.15, 0.2) is 42.5 Å². The lowest BCUT2D eigenvalue weighted by Gasteiger charge is -2.21. The molecule has 4 rings (SSSR count). The van der Waals surface area contributed by atoms with Gasteiger partial charge in [0.1, 0.15) is 0 Å². The Balaban J connectivity index is 1.53. The number of nitrogens with one attached hydrogen (secondary N) is 2. The number of piperidine rings is 1. The fraction of sp³-hybridized carbons (Fsp3) is 0.389. The molecule has 2 fully saturated rings. The van der Waals surface area contributed by atoms with Gasteiger partial charge in [-0.05, 0) is 34.7 Å². The predicted molar refractivity (Wildman–Crippen MR) is 87.3 cm³/mol. The maximum absolute atomic E-state index is 12.5. The van der Waals surface area contributed by atoms with E-state index in [0.717, 1.165) is 18.5 Å². The summed E-state index contributed by atoms with van der Waals surface area (Å²) in [5, 5.41) is 8.91. The Bertz CT molecular complexity index is 714. The van der Waals surface area contributed by atoms with Crippen LogP contribution in [-0.4, -0.2) is 25.0 Å². The number of amides is 1. The van der Waals surface area contributed by atoms with Crippen molar-refractivity contribution in [3.8, 4) is 0 Å². The highest BCUT2D eigenvalue weighted by Gasteiger charge is 2.51. The normalized spacial score (nSPS) is 27.4. The number of fused-ring (bicyclic) bond motifs is 2. The highest BCUT2D eigenvalue weighted by molar-refractivity contribution is 5.84. The molecular formula is C18H21N3O. The lowest BCUT2D eigenvalue weighted by atomic mass is 10.00. The summed E-state index contributed by atoms with van der Waals surface area (Å²) in [4.78, 5) is 12.5. The predicted octanol–water partition coefficient (Wildman–Crippen LogP) is 1.56. The average molecular weight is 295 g/mol. The van der Waals surface area contributed by atoms with Crippen LogP contribution in [0.3, 0.4) is 0 Å². The van der Waals surface area contributed by atoms with E-state index in [-0.39, 0.29) is 17.9 Å². The maximum atomic E-state index is 12.5. The fourth-order valence-electron chi connectivity index (χ4n) is 3.59. The molecule has 4 N–H and O–H groups in total. The van der Waals surface area contributed by atoms with E-state index in [9.17, 15) is 4.79 Å². The van der Waals surface area contributed by atoms with Gasteiger partial charge in [-0.1, -0.05) is 36.4 Å². The molecule has 1 aliphatic heterocycles. The van der Waals surface area contributed by atoms with Gasteiger partial charge in [-0.25, -0.2) is 0 Å². The van der Waals surface area contributed by atoms with E-state index in [4.69, 9.17) is 5.73 Å². The molecule has 0 bridgehead atoms. The number of carbonyl (C=O) groups excluding carboxylic acids is 1. The molecule has 1 saturated carbocycles. The molecule has 0 spiro atoms. The second-order valence-electron chi connectivity index (χ2n) is 6.42. The molecule has 1 saturated heterocycles. The van der Waals surface area contributed by atoms with Crippen molar-refractivity contribution in [1.29, 1.82) is 0 Å². The van der Waals surface area contributed by atoms with Crippen molar-refractivity contribution in [3.05, 3.63) is 48.0 Å². The van der Waals surface area contributed by atoms with Gasteiger partial charge < -0.3 is 16.4 Å². The van der Waals surface area contributed by atoms with E-state index >= 15 is 0 Å². The molecule has 1 aliphatic carbocycles. The van der Waals surface area contributed by atoms with Crippen LogP contribution < -0.4 is 16.4 Å². The number of benzene rings is 2. The molecule has 4 heteroatoms. The highest BCUT2D eigenvalue weighted by atomic mass is 16.2. The first kappa shape index (κ1) is 13.7. The van der Waals surface area contributed by atoms with Crippen molar-refractivity contribution in [2.24, 2.45) is 17.6 Å². The monoisotopic (exact) mass is 295 g/mol. The van der Waals surface area contributed by atoms with Crippen LogP contribution in [0.2, 0.25) is 0 Å². The molecule has 4 unspecified atom stereocenters. The summed E-state index contributed by atoms with van der Waals surface area (Å²) in [5.74, 6) is 0.788. The van der Waals surface area contributed by atoms with E-state index in [2.05, 4.69) is 41.0 Å². The Morgan fingerprint density at radius 2 is 2.09 bits per heavy atom. The third-order valence-electron chi connectivity index (χ3n) is 5.02. The summed E-state index contributed by atoms with van der Waals surface area (Å²) in [5.41, 5.74) is 6.99. The van der Waals surface area contributed by atoms with E-state index < -0.39 is 0 Å². The topological polar surface area (TPSA) is 67.1 Å². The van der Waals surface area contributed by atoms with Crippen LogP contribution in [0.4, 0.5) is 0 Å². The van der Waals surface area contributed by atoms with Crippen molar-refractivity contribution in [2.45, 2.75) is 18.5 Å². The first-order chi connectivity index (χ1) is 10.8. The second-order valence-corrected chi connectivity index (χ2v) is 6.42. The fourth-order valence-corrected chi connectivity index (χ4v) is 3.59. The highest BCUT2D eigenvalue weighted by Crippen LogP contribution is 2.42. The van der Waals surface area contributed by atoms with Gasteiger partial charge in [0.2, 0.25) is 5.91 Å². The molecule has 0 radical (unpaired) electrons. The van der Waals surface area contributed by atoms with Crippen molar-refractivity contribution < 1.29 is 4.79 Å². The van der Waals surface area contributed by atoms with E-state index in [1.54, 1.807) is 0 Å². The number of nitrogens with two attached hydrogens (primary N) is 1. The lowest BCUT2D eigenvalue weighted by Crippen LogP contribution is -2.39. The summed E-state index contributed by atoms with van der Waals surface area (Å²) in [6.45, 7) is 1.22. The van der Waals surface area contributed by atoms with E-state index in [1.807, 2.05) is 12.1 Å². The zero-order valence-electron chi connectivity index (χ0n) is 12.5. The maximum Gasteiger partial charge on any atom is 0.225 e. The molecule has 4 atom stereocenters. The zero-order chi connectivity index (χ0) is 15.1. The van der Waals surface area contributed by atoms with Crippen molar-refractivity contribution in [1.82, 2.24) is 10.6 Å². The number of carbonyl (C=O) groups is 1. The van der Waals surface area contributed by atoms with Gasteiger partial charge >= 0.3 is 0 Å². The largest absolute Gasteiger partial charge is 0.348 e. The first-order valence-electron chi connectivity index (χ1n) is 7.99. The molecule has 2 aromatic rings. The minimum atomic E-state index is -0.116. The summed E-state index contributed by atoms with van der Waals surface area (Å²) < 4.78 is 0. The van der Waals surface area contributed by atoms with Gasteiger partial charge in [-0.3, -0.25) is 4.79 Å². The molecule has 1 amide bonds. The smallest absolute Gasteiger partial charge is 0.225 e. The Labute approximate surface area is 130 Å². The van der Waals surface area contributed by atoms with Crippen LogP contribution in [-0.2, 0) is 4.79 Å². The Kier molecular flexibility index (Phi) is 3.36. The molecule has 114 valence electrons. The number of hydrogen-bond acceptors (Lipinski definition) is 3. The molecule has 0 aromatic heterocycles. The van der Waals surface area contributed by atoms with Crippen LogP contribution in [0.1, 0.15) is 18.0 Å². The Morgan fingerprint density at radius 3 is 2.77 bits per heavy atom. The molecule has 4 nitrogen and oxygen atoms in total. The van der Waals surface area contributed by atoms with Crippen molar-refractivity contribution in [2.75, 3.05) is 13.1 Å². The number of hydrogen-bond donors (Lipinski definition) is 3.